The first-order valence-corrected chi connectivity index (χ1v) is 9.35. The number of amides is 2. The molecule has 5 nitrogen and oxygen atoms in total. The normalized spacial score (nSPS) is 18.7. The number of benzene rings is 1. The molecule has 25 heavy (non-hydrogen) atoms. The third-order valence-electron chi connectivity index (χ3n) is 5.33. The van der Waals surface area contributed by atoms with Crippen molar-refractivity contribution in [2.45, 2.75) is 51.2 Å². The molecule has 0 atom stereocenters. The van der Waals surface area contributed by atoms with Gasteiger partial charge in [-0.3, -0.25) is 0 Å². The smallest absolute Gasteiger partial charge is 0.315 e. The molecule has 1 saturated heterocycles. The Hall–Kier alpha value is -1.82. The molecule has 1 aliphatic carbocycles. The molecular formula is C19H28FN3O2. The summed E-state index contributed by atoms with van der Waals surface area (Å²) in [6.07, 6.45) is 5.99. The van der Waals surface area contributed by atoms with Crippen molar-refractivity contribution in [3.63, 3.8) is 0 Å². The van der Waals surface area contributed by atoms with Crippen LogP contribution in [0.25, 0.3) is 0 Å². The topological polar surface area (TPSA) is 64.6 Å². The maximum Gasteiger partial charge on any atom is 0.315 e. The van der Waals surface area contributed by atoms with E-state index in [1.165, 1.54) is 25.3 Å². The second kappa shape index (κ2) is 8.52. The van der Waals surface area contributed by atoms with Crippen molar-refractivity contribution in [3.05, 3.63) is 29.6 Å². The fourth-order valence-electron chi connectivity index (χ4n) is 3.44. The molecule has 1 aromatic carbocycles. The Morgan fingerprint density at radius 2 is 1.96 bits per heavy atom. The van der Waals surface area contributed by atoms with Gasteiger partial charge in [0.2, 0.25) is 0 Å². The first-order valence-electron chi connectivity index (χ1n) is 9.35. The summed E-state index contributed by atoms with van der Waals surface area (Å²) in [5.41, 5.74) is 1.31. The van der Waals surface area contributed by atoms with Gasteiger partial charge in [0.15, 0.2) is 0 Å². The molecule has 0 unspecified atom stereocenters. The van der Waals surface area contributed by atoms with E-state index < -0.39 is 0 Å². The number of aliphatic hydroxyl groups excluding tert-OH is 1. The van der Waals surface area contributed by atoms with Crippen LogP contribution >= 0.6 is 0 Å². The molecule has 2 aliphatic rings. The first-order chi connectivity index (χ1) is 12.1. The highest BCUT2D eigenvalue weighted by Crippen LogP contribution is 2.28. The fraction of sp³-hybridized carbons (Fsp3) is 0.632. The third kappa shape index (κ3) is 5.08. The van der Waals surface area contributed by atoms with E-state index in [2.05, 4.69) is 10.6 Å². The van der Waals surface area contributed by atoms with E-state index in [-0.39, 0.29) is 18.0 Å². The summed E-state index contributed by atoms with van der Waals surface area (Å²) >= 11 is 0. The zero-order valence-corrected chi connectivity index (χ0v) is 14.6. The SMILES string of the molecule is O=C(NCCC1CCC1)NCc1ccc(N2CCC(O)CC2)c(F)c1. The summed E-state index contributed by atoms with van der Waals surface area (Å²) in [4.78, 5) is 13.8. The molecule has 2 amide bonds. The average Bonchev–Trinajstić information content (AvgIpc) is 2.56. The predicted molar refractivity (Wildman–Crippen MR) is 96.1 cm³/mol. The van der Waals surface area contributed by atoms with Crippen LogP contribution in [-0.2, 0) is 6.54 Å². The van der Waals surface area contributed by atoms with Crippen molar-refractivity contribution in [1.82, 2.24) is 10.6 Å². The predicted octanol–water partition coefficient (Wildman–Crippen LogP) is 2.78. The van der Waals surface area contributed by atoms with Gasteiger partial charge in [-0.25, -0.2) is 9.18 Å². The van der Waals surface area contributed by atoms with Gasteiger partial charge >= 0.3 is 6.03 Å². The highest BCUT2D eigenvalue weighted by molar-refractivity contribution is 5.73. The van der Waals surface area contributed by atoms with E-state index in [0.29, 0.717) is 44.7 Å². The summed E-state index contributed by atoms with van der Waals surface area (Å²) in [6.45, 7) is 2.34. The van der Waals surface area contributed by atoms with Crippen molar-refractivity contribution in [2.24, 2.45) is 5.92 Å². The second-order valence-electron chi connectivity index (χ2n) is 7.20. The molecule has 0 aromatic heterocycles. The van der Waals surface area contributed by atoms with E-state index in [9.17, 15) is 14.3 Å². The van der Waals surface area contributed by atoms with Gasteiger partial charge in [0.25, 0.3) is 0 Å². The Labute approximate surface area is 148 Å². The van der Waals surface area contributed by atoms with Crippen LogP contribution in [-0.4, -0.2) is 36.9 Å². The van der Waals surface area contributed by atoms with Gasteiger partial charge in [-0.05, 0) is 42.9 Å². The lowest BCUT2D eigenvalue weighted by atomic mass is 9.83. The van der Waals surface area contributed by atoms with Crippen LogP contribution in [0.5, 0.6) is 0 Å². The maximum absolute atomic E-state index is 14.4. The number of carbonyl (C=O) groups is 1. The van der Waals surface area contributed by atoms with Gasteiger partial charge in [-0.2, -0.15) is 0 Å². The number of urea groups is 1. The number of hydrogen-bond donors (Lipinski definition) is 3. The average molecular weight is 349 g/mol. The third-order valence-corrected chi connectivity index (χ3v) is 5.33. The van der Waals surface area contributed by atoms with Gasteiger partial charge in [0, 0.05) is 26.2 Å². The quantitative estimate of drug-likeness (QED) is 0.740. The van der Waals surface area contributed by atoms with Crippen molar-refractivity contribution in [3.8, 4) is 0 Å². The van der Waals surface area contributed by atoms with Crippen LogP contribution < -0.4 is 15.5 Å². The number of hydrogen-bond acceptors (Lipinski definition) is 3. The molecule has 1 heterocycles. The van der Waals surface area contributed by atoms with E-state index in [1.807, 2.05) is 11.0 Å². The maximum atomic E-state index is 14.4. The molecule has 6 heteroatoms. The second-order valence-corrected chi connectivity index (χ2v) is 7.20. The number of halogens is 1. The van der Waals surface area contributed by atoms with E-state index >= 15 is 0 Å². The summed E-state index contributed by atoms with van der Waals surface area (Å²) < 4.78 is 14.4. The zero-order valence-electron chi connectivity index (χ0n) is 14.6. The van der Waals surface area contributed by atoms with E-state index in [0.717, 1.165) is 17.9 Å². The van der Waals surface area contributed by atoms with Gasteiger partial charge in [0.1, 0.15) is 5.82 Å². The molecule has 1 aliphatic heterocycles. The van der Waals surface area contributed by atoms with Crippen LogP contribution in [0.3, 0.4) is 0 Å². The first kappa shape index (κ1) is 18.0. The van der Waals surface area contributed by atoms with Crippen LogP contribution in [0.4, 0.5) is 14.9 Å². The molecule has 0 bridgehead atoms. The van der Waals surface area contributed by atoms with Gasteiger partial charge in [-0.1, -0.05) is 25.3 Å². The molecule has 2 fully saturated rings. The van der Waals surface area contributed by atoms with Crippen molar-refractivity contribution in [1.29, 1.82) is 0 Å². The zero-order chi connectivity index (χ0) is 17.6. The number of aliphatic hydroxyl groups is 1. The Balaban J connectivity index is 1.43. The van der Waals surface area contributed by atoms with Gasteiger partial charge in [0.05, 0.1) is 11.8 Å². The number of rotatable bonds is 6. The van der Waals surface area contributed by atoms with Gasteiger partial charge in [-0.15, -0.1) is 0 Å². The standard InChI is InChI=1S/C19H28FN3O2/c20-17-12-15(4-5-18(17)23-10-7-16(24)8-11-23)13-22-19(25)21-9-6-14-2-1-3-14/h4-5,12,14,16,24H,1-3,6-11,13H2,(H2,21,22,25). The highest BCUT2D eigenvalue weighted by Gasteiger charge is 2.20. The van der Waals surface area contributed by atoms with Gasteiger partial charge < -0.3 is 20.6 Å². The van der Waals surface area contributed by atoms with Crippen LogP contribution in [0.15, 0.2) is 18.2 Å². The lowest BCUT2D eigenvalue weighted by Crippen LogP contribution is -2.37. The van der Waals surface area contributed by atoms with Crippen LogP contribution in [0.2, 0.25) is 0 Å². The summed E-state index contributed by atoms with van der Waals surface area (Å²) in [7, 11) is 0. The number of nitrogens with zero attached hydrogens (tertiary/aromatic N) is 1. The largest absolute Gasteiger partial charge is 0.393 e. The number of anilines is 1. The molecule has 138 valence electrons. The number of nitrogens with one attached hydrogen (secondary N) is 2. The van der Waals surface area contributed by atoms with Crippen LogP contribution in [0, 0.1) is 11.7 Å². The Morgan fingerprint density at radius 1 is 1.20 bits per heavy atom. The van der Waals surface area contributed by atoms with Crippen molar-refractivity contribution < 1.29 is 14.3 Å². The Kier molecular flexibility index (Phi) is 6.13. The molecule has 3 rings (SSSR count). The van der Waals surface area contributed by atoms with Crippen molar-refractivity contribution >= 4 is 11.7 Å². The number of piperidine rings is 1. The van der Waals surface area contributed by atoms with Crippen molar-refractivity contribution in [2.75, 3.05) is 24.5 Å². The lowest BCUT2D eigenvalue weighted by Gasteiger charge is -2.31. The Morgan fingerprint density at radius 3 is 2.60 bits per heavy atom. The monoisotopic (exact) mass is 349 g/mol. The molecule has 3 N–H and O–H groups in total. The molecule has 0 spiro atoms. The van der Waals surface area contributed by atoms with Crippen LogP contribution in [0.1, 0.15) is 44.1 Å². The van der Waals surface area contributed by atoms with E-state index in [1.54, 1.807) is 6.07 Å². The number of carbonyl (C=O) groups excluding carboxylic acids is 1. The summed E-state index contributed by atoms with van der Waals surface area (Å²) in [5, 5.41) is 15.2. The lowest BCUT2D eigenvalue weighted by molar-refractivity contribution is 0.145. The minimum Gasteiger partial charge on any atom is -0.393 e. The summed E-state index contributed by atoms with van der Waals surface area (Å²) in [5.74, 6) is 0.499. The molecule has 1 saturated carbocycles. The Bertz CT molecular complexity index is 584. The van der Waals surface area contributed by atoms with E-state index in [4.69, 9.17) is 0 Å². The fourth-order valence-corrected chi connectivity index (χ4v) is 3.44. The minimum absolute atomic E-state index is 0.200. The summed E-state index contributed by atoms with van der Waals surface area (Å²) in [6, 6.07) is 4.89. The minimum atomic E-state index is -0.277. The molecule has 0 radical (unpaired) electrons. The molecular weight excluding hydrogens is 321 g/mol. The highest BCUT2D eigenvalue weighted by atomic mass is 19.1. The molecule has 1 aromatic rings.